The number of hydrogen-bond donors (Lipinski definition) is 1. The molecule has 1 N–H and O–H groups in total. The molecule has 0 aromatic heterocycles. The average molecular weight is 487 g/mol. The lowest BCUT2D eigenvalue weighted by Crippen LogP contribution is -2.50. The van der Waals surface area contributed by atoms with Crippen LogP contribution in [0.5, 0.6) is 11.5 Å². The number of amides is 2. The molecule has 1 aliphatic heterocycles. The maximum absolute atomic E-state index is 12.9. The minimum atomic E-state index is -0.247. The molecule has 0 radical (unpaired) electrons. The highest BCUT2D eigenvalue weighted by Gasteiger charge is 2.24. The van der Waals surface area contributed by atoms with Gasteiger partial charge >= 0.3 is 0 Å². The van der Waals surface area contributed by atoms with Gasteiger partial charge in [0.2, 0.25) is 5.91 Å². The molecule has 0 bridgehead atoms. The lowest BCUT2D eigenvalue weighted by molar-refractivity contribution is -0.117. The van der Waals surface area contributed by atoms with Crippen molar-refractivity contribution in [2.45, 2.75) is 0 Å². The van der Waals surface area contributed by atoms with E-state index in [0.29, 0.717) is 54.0 Å². The average Bonchev–Trinajstić information content (AvgIpc) is 2.75. The number of piperazine rings is 1. The van der Waals surface area contributed by atoms with Gasteiger partial charge in [0.1, 0.15) is 11.5 Å². The van der Waals surface area contributed by atoms with Crippen LogP contribution < -0.4 is 14.8 Å². The maximum atomic E-state index is 12.9. The van der Waals surface area contributed by atoms with Crippen LogP contribution in [0.25, 0.3) is 0 Å². The zero-order chi connectivity index (χ0) is 22.5. The van der Waals surface area contributed by atoms with Gasteiger partial charge in [-0.25, -0.2) is 0 Å². The lowest BCUT2D eigenvalue weighted by Gasteiger charge is -2.34. The fraction of sp³-hybridized carbons (Fsp3) is 0.333. The van der Waals surface area contributed by atoms with Crippen molar-refractivity contribution in [1.82, 2.24) is 9.80 Å². The molecule has 1 heterocycles. The largest absolute Gasteiger partial charge is 0.497 e. The fourth-order valence-electron chi connectivity index (χ4n) is 3.27. The second kappa shape index (κ2) is 10.4. The quantitative estimate of drug-likeness (QED) is 0.667. The first-order valence-corrected chi connectivity index (χ1v) is 10.6. The van der Waals surface area contributed by atoms with Crippen molar-refractivity contribution in [1.29, 1.82) is 0 Å². The summed E-state index contributed by atoms with van der Waals surface area (Å²) in [6, 6.07) is 8.12. The van der Waals surface area contributed by atoms with E-state index in [4.69, 9.17) is 44.3 Å². The molecule has 1 saturated heterocycles. The number of methoxy groups -OCH3 is 2. The predicted molar refractivity (Wildman–Crippen MR) is 122 cm³/mol. The predicted octanol–water partition coefficient (Wildman–Crippen LogP) is 4.06. The van der Waals surface area contributed by atoms with E-state index in [-0.39, 0.29) is 28.4 Å². The van der Waals surface area contributed by atoms with Crippen molar-refractivity contribution in [3.63, 3.8) is 0 Å². The Morgan fingerprint density at radius 2 is 1.45 bits per heavy atom. The zero-order valence-electron chi connectivity index (χ0n) is 17.1. The number of carbonyl (C=O) groups is 2. The first-order valence-electron chi connectivity index (χ1n) is 9.49. The Balaban J connectivity index is 1.56. The molecule has 166 valence electrons. The smallest absolute Gasteiger partial charge is 0.254 e. The highest BCUT2D eigenvalue weighted by atomic mass is 35.5. The topological polar surface area (TPSA) is 71.1 Å². The minimum Gasteiger partial charge on any atom is -0.497 e. The fourth-order valence-corrected chi connectivity index (χ4v) is 4.18. The summed E-state index contributed by atoms with van der Waals surface area (Å²) in [5.41, 5.74) is 0.827. The van der Waals surface area contributed by atoms with Crippen LogP contribution in [-0.2, 0) is 4.79 Å². The van der Waals surface area contributed by atoms with Crippen molar-refractivity contribution in [2.24, 2.45) is 0 Å². The summed E-state index contributed by atoms with van der Waals surface area (Å²) in [5.74, 6) is 0.750. The van der Waals surface area contributed by atoms with Gasteiger partial charge in [-0.15, -0.1) is 0 Å². The van der Waals surface area contributed by atoms with Crippen LogP contribution in [0.2, 0.25) is 15.1 Å². The number of ether oxygens (including phenoxy) is 2. The molecule has 10 heteroatoms. The number of nitrogens with one attached hydrogen (secondary N) is 1. The van der Waals surface area contributed by atoms with Crippen LogP contribution in [0, 0.1) is 0 Å². The molecule has 2 amide bonds. The number of nitrogens with zero attached hydrogens (tertiary/aromatic N) is 2. The summed E-state index contributed by atoms with van der Waals surface area (Å²) in [7, 11) is 3.08. The van der Waals surface area contributed by atoms with Crippen LogP contribution in [0.3, 0.4) is 0 Å². The van der Waals surface area contributed by atoms with Crippen molar-refractivity contribution in [3.8, 4) is 11.5 Å². The molecule has 0 saturated carbocycles. The third-order valence-electron chi connectivity index (χ3n) is 4.90. The van der Waals surface area contributed by atoms with E-state index in [1.165, 1.54) is 26.4 Å². The second-order valence-corrected chi connectivity index (χ2v) is 8.21. The normalized spacial score (nSPS) is 14.3. The minimum absolute atomic E-state index is 0.110. The van der Waals surface area contributed by atoms with Crippen molar-refractivity contribution < 1.29 is 19.1 Å². The van der Waals surface area contributed by atoms with Gasteiger partial charge in [-0.05, 0) is 24.3 Å². The molecule has 2 aromatic carbocycles. The third-order valence-corrected chi connectivity index (χ3v) is 5.71. The molecule has 0 atom stereocenters. The Hall–Kier alpha value is -2.19. The molecule has 0 unspecified atom stereocenters. The standard InChI is InChI=1S/C21H22Cl3N3O4/c1-30-15-7-13(8-16(11-15)31-2)21(29)27-5-3-26(4-6-27)12-19(28)25-20-17(23)9-14(22)10-18(20)24/h7-11H,3-6,12H2,1-2H3,(H,25,28). The number of carbonyl (C=O) groups excluding carboxylic acids is 2. The van der Waals surface area contributed by atoms with Gasteiger partial charge in [-0.3, -0.25) is 14.5 Å². The molecule has 1 aliphatic rings. The molecular formula is C21H22Cl3N3O4. The summed E-state index contributed by atoms with van der Waals surface area (Å²) in [6.07, 6.45) is 0. The van der Waals surface area contributed by atoms with Gasteiger partial charge in [0.15, 0.2) is 0 Å². The molecule has 1 fully saturated rings. The van der Waals surface area contributed by atoms with E-state index < -0.39 is 0 Å². The Morgan fingerprint density at radius 1 is 0.903 bits per heavy atom. The van der Waals surface area contributed by atoms with Crippen molar-refractivity contribution >= 4 is 52.3 Å². The molecule has 0 aliphatic carbocycles. The van der Waals surface area contributed by atoms with Crippen molar-refractivity contribution in [3.05, 3.63) is 51.0 Å². The van der Waals surface area contributed by atoms with E-state index in [0.717, 1.165) is 0 Å². The SMILES string of the molecule is COc1cc(OC)cc(C(=O)N2CCN(CC(=O)Nc3c(Cl)cc(Cl)cc3Cl)CC2)c1. The molecule has 31 heavy (non-hydrogen) atoms. The number of hydrogen-bond acceptors (Lipinski definition) is 5. The maximum Gasteiger partial charge on any atom is 0.254 e. The van der Waals surface area contributed by atoms with Crippen LogP contribution in [-0.4, -0.2) is 68.6 Å². The Bertz CT molecular complexity index is 933. The summed E-state index contributed by atoms with van der Waals surface area (Å²) < 4.78 is 10.5. The van der Waals surface area contributed by atoms with Crippen LogP contribution in [0.15, 0.2) is 30.3 Å². The molecule has 0 spiro atoms. The van der Waals surface area contributed by atoms with E-state index in [2.05, 4.69) is 5.32 Å². The number of halogens is 3. The highest BCUT2D eigenvalue weighted by Crippen LogP contribution is 2.33. The first kappa shape index (κ1) is 23.5. The summed E-state index contributed by atoms with van der Waals surface area (Å²) in [6.45, 7) is 2.26. The Morgan fingerprint density at radius 3 is 1.97 bits per heavy atom. The zero-order valence-corrected chi connectivity index (χ0v) is 19.4. The summed E-state index contributed by atoms with van der Waals surface area (Å²) in [5, 5.41) is 3.66. The monoisotopic (exact) mass is 485 g/mol. The summed E-state index contributed by atoms with van der Waals surface area (Å²) >= 11 is 18.1. The number of rotatable bonds is 6. The van der Waals surface area contributed by atoms with Gasteiger partial charge in [0, 0.05) is 42.8 Å². The summed E-state index contributed by atoms with van der Waals surface area (Å²) in [4.78, 5) is 29.0. The first-order chi connectivity index (χ1) is 14.8. The lowest BCUT2D eigenvalue weighted by atomic mass is 10.1. The van der Waals surface area contributed by atoms with E-state index in [1.807, 2.05) is 4.90 Å². The Labute approximate surface area is 195 Å². The molecule has 3 rings (SSSR count). The van der Waals surface area contributed by atoms with E-state index >= 15 is 0 Å². The molecule has 2 aromatic rings. The van der Waals surface area contributed by atoms with E-state index in [1.54, 1.807) is 23.1 Å². The van der Waals surface area contributed by atoms with Gasteiger partial charge in [-0.2, -0.15) is 0 Å². The third kappa shape index (κ3) is 5.95. The van der Waals surface area contributed by atoms with Crippen LogP contribution in [0.4, 0.5) is 5.69 Å². The number of benzene rings is 2. The van der Waals surface area contributed by atoms with Crippen LogP contribution in [0.1, 0.15) is 10.4 Å². The van der Waals surface area contributed by atoms with E-state index in [9.17, 15) is 9.59 Å². The van der Waals surface area contributed by atoms with Gasteiger partial charge in [-0.1, -0.05) is 34.8 Å². The highest BCUT2D eigenvalue weighted by molar-refractivity contribution is 6.42. The molecule has 7 nitrogen and oxygen atoms in total. The number of anilines is 1. The van der Waals surface area contributed by atoms with Gasteiger partial charge < -0.3 is 19.7 Å². The Kier molecular flexibility index (Phi) is 7.89. The van der Waals surface area contributed by atoms with Gasteiger partial charge in [0.05, 0.1) is 36.5 Å². The second-order valence-electron chi connectivity index (χ2n) is 6.96. The van der Waals surface area contributed by atoms with Crippen LogP contribution >= 0.6 is 34.8 Å². The molecular weight excluding hydrogens is 465 g/mol. The van der Waals surface area contributed by atoms with Crippen molar-refractivity contribution in [2.75, 3.05) is 52.3 Å². The van der Waals surface area contributed by atoms with Gasteiger partial charge in [0.25, 0.3) is 5.91 Å².